The number of hydrogen-bond donors (Lipinski definition) is 2. The molecule has 0 bridgehead atoms. The number of aliphatic hydroxyl groups is 1. The molecule has 0 spiro atoms. The van der Waals surface area contributed by atoms with Gasteiger partial charge in [0.1, 0.15) is 0 Å². The van der Waals surface area contributed by atoms with Crippen LogP contribution in [0.2, 0.25) is 0 Å². The first-order valence-electron chi connectivity index (χ1n) is 7.01. The number of rotatable bonds is 6. The molecule has 0 aromatic heterocycles. The van der Waals surface area contributed by atoms with Crippen molar-refractivity contribution < 1.29 is 5.11 Å². The highest BCUT2D eigenvalue weighted by molar-refractivity contribution is 4.79. The van der Waals surface area contributed by atoms with Gasteiger partial charge in [-0.3, -0.25) is 0 Å². The fraction of sp³-hybridized carbons (Fsp3) is 1.00. The van der Waals surface area contributed by atoms with E-state index in [2.05, 4.69) is 19.2 Å². The lowest BCUT2D eigenvalue weighted by molar-refractivity contribution is 0.178. The Kier molecular flexibility index (Phi) is 6.37. The highest BCUT2D eigenvalue weighted by atomic mass is 16.3. The molecule has 1 fully saturated rings. The number of nitrogens with one attached hydrogen (secondary N) is 1. The summed E-state index contributed by atoms with van der Waals surface area (Å²) in [4.78, 5) is 0. The Labute approximate surface area is 101 Å². The monoisotopic (exact) mass is 227 g/mol. The highest BCUT2D eigenvalue weighted by Crippen LogP contribution is 2.29. The van der Waals surface area contributed by atoms with Crippen LogP contribution < -0.4 is 5.32 Å². The highest BCUT2D eigenvalue weighted by Gasteiger charge is 2.23. The van der Waals surface area contributed by atoms with Gasteiger partial charge >= 0.3 is 0 Å². The van der Waals surface area contributed by atoms with E-state index in [1.165, 1.54) is 25.7 Å². The second kappa shape index (κ2) is 7.29. The summed E-state index contributed by atoms with van der Waals surface area (Å²) in [6, 6.07) is 0.732. The van der Waals surface area contributed by atoms with Gasteiger partial charge in [0.2, 0.25) is 0 Å². The van der Waals surface area contributed by atoms with Crippen LogP contribution in [-0.2, 0) is 0 Å². The van der Waals surface area contributed by atoms with Crippen molar-refractivity contribution in [3.05, 3.63) is 0 Å². The molecule has 0 saturated heterocycles. The fourth-order valence-electron chi connectivity index (χ4n) is 2.72. The minimum absolute atomic E-state index is 0.142. The zero-order valence-corrected chi connectivity index (χ0v) is 11.2. The lowest BCUT2D eigenvalue weighted by Gasteiger charge is -2.32. The van der Waals surface area contributed by atoms with Crippen LogP contribution in [0.25, 0.3) is 0 Å². The van der Waals surface area contributed by atoms with Crippen LogP contribution >= 0.6 is 0 Å². The number of aliphatic hydroxyl groups excluding tert-OH is 1. The Balaban J connectivity index is 2.12. The first kappa shape index (κ1) is 14.0. The van der Waals surface area contributed by atoms with Gasteiger partial charge in [0, 0.05) is 6.04 Å². The molecule has 2 N–H and O–H groups in total. The molecule has 0 aromatic rings. The van der Waals surface area contributed by atoms with Crippen molar-refractivity contribution in [2.24, 2.45) is 11.8 Å². The van der Waals surface area contributed by atoms with E-state index < -0.39 is 0 Å². The molecule has 2 heteroatoms. The predicted octanol–water partition coefficient (Wildman–Crippen LogP) is 2.95. The van der Waals surface area contributed by atoms with Crippen molar-refractivity contribution in [1.29, 1.82) is 0 Å². The number of hydrogen-bond acceptors (Lipinski definition) is 2. The van der Waals surface area contributed by atoms with E-state index >= 15 is 0 Å². The third kappa shape index (κ3) is 5.31. The van der Waals surface area contributed by atoms with Gasteiger partial charge in [0.15, 0.2) is 0 Å². The molecule has 0 aromatic carbocycles. The Hall–Kier alpha value is -0.0800. The van der Waals surface area contributed by atoms with Crippen LogP contribution in [0.5, 0.6) is 0 Å². The normalized spacial score (nSPS) is 28.3. The summed E-state index contributed by atoms with van der Waals surface area (Å²) in [5.41, 5.74) is 0. The van der Waals surface area contributed by atoms with Gasteiger partial charge in [-0.25, -0.2) is 0 Å². The van der Waals surface area contributed by atoms with Crippen molar-refractivity contribution in [2.45, 2.75) is 71.4 Å². The third-order valence-corrected chi connectivity index (χ3v) is 3.89. The first-order valence-corrected chi connectivity index (χ1v) is 7.01. The average Bonchev–Trinajstić information content (AvgIpc) is 2.24. The molecule has 1 aliphatic rings. The molecule has 1 saturated carbocycles. The zero-order valence-electron chi connectivity index (χ0n) is 11.2. The molecule has 0 aliphatic heterocycles. The first-order chi connectivity index (χ1) is 7.59. The smallest absolute Gasteiger partial charge is 0.0512 e. The van der Waals surface area contributed by atoms with Gasteiger partial charge < -0.3 is 10.4 Å². The second-order valence-corrected chi connectivity index (χ2v) is 5.81. The van der Waals surface area contributed by atoms with Gasteiger partial charge in [0.25, 0.3) is 0 Å². The van der Waals surface area contributed by atoms with Gasteiger partial charge in [-0.1, -0.05) is 26.7 Å². The maximum Gasteiger partial charge on any atom is 0.0512 e. The Morgan fingerprint density at radius 1 is 1.25 bits per heavy atom. The minimum Gasteiger partial charge on any atom is -0.393 e. The van der Waals surface area contributed by atoms with Crippen LogP contribution in [0.3, 0.4) is 0 Å². The van der Waals surface area contributed by atoms with Gasteiger partial charge in [-0.15, -0.1) is 0 Å². The molecule has 0 amide bonds. The molecule has 1 rings (SSSR count). The van der Waals surface area contributed by atoms with Crippen molar-refractivity contribution in [3.63, 3.8) is 0 Å². The van der Waals surface area contributed by atoms with Crippen molar-refractivity contribution in [3.8, 4) is 0 Å². The average molecular weight is 227 g/mol. The van der Waals surface area contributed by atoms with E-state index in [0.29, 0.717) is 0 Å². The van der Waals surface area contributed by atoms with Crippen molar-refractivity contribution in [2.75, 3.05) is 6.54 Å². The molecule has 96 valence electrons. The predicted molar refractivity (Wildman–Crippen MR) is 69.5 cm³/mol. The molecule has 16 heavy (non-hydrogen) atoms. The van der Waals surface area contributed by atoms with Gasteiger partial charge in [-0.05, 0) is 51.0 Å². The Morgan fingerprint density at radius 2 is 2.00 bits per heavy atom. The SMILES string of the molecule is CC(O)CCCNC1CCCC(C(C)C)C1. The minimum atomic E-state index is -0.142. The molecule has 3 atom stereocenters. The van der Waals surface area contributed by atoms with Crippen LogP contribution in [0.1, 0.15) is 59.3 Å². The summed E-state index contributed by atoms with van der Waals surface area (Å²) >= 11 is 0. The van der Waals surface area contributed by atoms with Crippen LogP contribution in [0.15, 0.2) is 0 Å². The molecular formula is C14H29NO. The van der Waals surface area contributed by atoms with Crippen molar-refractivity contribution in [1.82, 2.24) is 5.32 Å². The van der Waals surface area contributed by atoms with E-state index in [1.807, 2.05) is 6.92 Å². The standard InChI is InChI=1S/C14H29NO/c1-11(2)13-7-4-8-14(10-13)15-9-5-6-12(3)16/h11-16H,4-10H2,1-3H3. The fourth-order valence-corrected chi connectivity index (χ4v) is 2.72. The van der Waals surface area contributed by atoms with E-state index in [-0.39, 0.29) is 6.10 Å². The van der Waals surface area contributed by atoms with E-state index in [4.69, 9.17) is 0 Å². The third-order valence-electron chi connectivity index (χ3n) is 3.89. The maximum atomic E-state index is 9.18. The Bertz CT molecular complexity index is 180. The van der Waals surface area contributed by atoms with E-state index in [0.717, 1.165) is 37.3 Å². The summed E-state index contributed by atoms with van der Waals surface area (Å²) < 4.78 is 0. The molecule has 0 radical (unpaired) electrons. The van der Waals surface area contributed by atoms with Crippen LogP contribution in [0, 0.1) is 11.8 Å². The Morgan fingerprint density at radius 3 is 2.62 bits per heavy atom. The molecular weight excluding hydrogens is 198 g/mol. The van der Waals surface area contributed by atoms with Crippen molar-refractivity contribution >= 4 is 0 Å². The van der Waals surface area contributed by atoms with E-state index in [1.54, 1.807) is 0 Å². The summed E-state index contributed by atoms with van der Waals surface area (Å²) in [7, 11) is 0. The molecule has 2 nitrogen and oxygen atoms in total. The zero-order chi connectivity index (χ0) is 12.0. The molecule has 3 unspecified atom stereocenters. The second-order valence-electron chi connectivity index (χ2n) is 5.81. The van der Waals surface area contributed by atoms with Crippen LogP contribution in [-0.4, -0.2) is 23.8 Å². The summed E-state index contributed by atoms with van der Waals surface area (Å²) in [6.07, 6.45) is 7.38. The lowest BCUT2D eigenvalue weighted by Crippen LogP contribution is -2.36. The quantitative estimate of drug-likeness (QED) is 0.684. The molecule has 1 aliphatic carbocycles. The summed E-state index contributed by atoms with van der Waals surface area (Å²) in [5, 5.41) is 12.8. The van der Waals surface area contributed by atoms with Crippen LogP contribution in [0.4, 0.5) is 0 Å². The topological polar surface area (TPSA) is 32.3 Å². The van der Waals surface area contributed by atoms with Gasteiger partial charge in [0.05, 0.1) is 6.10 Å². The molecule has 0 heterocycles. The largest absolute Gasteiger partial charge is 0.393 e. The lowest BCUT2D eigenvalue weighted by atomic mass is 9.79. The summed E-state index contributed by atoms with van der Waals surface area (Å²) in [5.74, 6) is 1.75. The van der Waals surface area contributed by atoms with Gasteiger partial charge in [-0.2, -0.15) is 0 Å². The van der Waals surface area contributed by atoms with E-state index in [9.17, 15) is 5.11 Å². The maximum absolute atomic E-state index is 9.18. The summed E-state index contributed by atoms with van der Waals surface area (Å²) in [6.45, 7) is 7.64.